The number of hydrogen-bond acceptors (Lipinski definition) is 4. The van der Waals surface area contributed by atoms with Crippen LogP contribution < -0.4 is 10.1 Å². The van der Waals surface area contributed by atoms with Crippen LogP contribution in [0.1, 0.15) is 41.0 Å². The molecule has 1 rings (SSSR count). The van der Waals surface area contributed by atoms with Crippen molar-refractivity contribution in [3.8, 4) is 5.75 Å². The molecule has 0 aliphatic rings. The van der Waals surface area contributed by atoms with E-state index in [2.05, 4.69) is 26.1 Å². The van der Waals surface area contributed by atoms with Gasteiger partial charge >= 0.3 is 0 Å². The Kier molecular flexibility index (Phi) is 5.80. The van der Waals surface area contributed by atoms with Crippen LogP contribution in [0.3, 0.4) is 0 Å². The molecule has 112 valence electrons. The number of rotatable bonds is 7. The molecule has 0 radical (unpaired) electrons. The molecule has 0 aliphatic heterocycles. The average Bonchev–Trinajstić information content (AvgIpc) is 2.34. The molecule has 0 saturated carbocycles. The molecule has 5 nitrogen and oxygen atoms in total. The molecule has 1 atom stereocenters. The summed E-state index contributed by atoms with van der Waals surface area (Å²) in [6.07, 6.45) is 0.942. The maximum absolute atomic E-state index is 11.0. The summed E-state index contributed by atoms with van der Waals surface area (Å²) in [5.41, 5.74) is 0.777. The second kappa shape index (κ2) is 7.12. The number of nitro benzene ring substituents is 1. The van der Waals surface area contributed by atoms with Crippen molar-refractivity contribution in [3.63, 3.8) is 0 Å². The zero-order chi connectivity index (χ0) is 15.3. The number of non-ortho nitro benzene ring substituents is 1. The smallest absolute Gasteiger partial charge is 0.275 e. The van der Waals surface area contributed by atoms with Crippen LogP contribution in [0.15, 0.2) is 18.2 Å². The van der Waals surface area contributed by atoms with Gasteiger partial charge in [-0.1, -0.05) is 20.8 Å². The van der Waals surface area contributed by atoms with E-state index in [1.165, 1.54) is 6.07 Å². The number of benzene rings is 1. The van der Waals surface area contributed by atoms with Crippen LogP contribution in [-0.4, -0.2) is 17.1 Å². The van der Waals surface area contributed by atoms with Crippen LogP contribution in [-0.2, 0) is 0 Å². The molecule has 0 aliphatic carbocycles. The predicted octanol–water partition coefficient (Wildman–Crippen LogP) is 4.23. The third-order valence-electron chi connectivity index (χ3n) is 3.07. The van der Waals surface area contributed by atoms with Crippen LogP contribution in [0.5, 0.6) is 5.75 Å². The van der Waals surface area contributed by atoms with Gasteiger partial charge in [0.1, 0.15) is 5.75 Å². The summed E-state index contributed by atoms with van der Waals surface area (Å²) in [6, 6.07) is 5.11. The Bertz CT molecular complexity index is 458. The summed E-state index contributed by atoms with van der Waals surface area (Å²) >= 11 is 0. The monoisotopic (exact) mass is 280 g/mol. The van der Waals surface area contributed by atoms with E-state index in [0.717, 1.165) is 12.1 Å². The maximum Gasteiger partial charge on any atom is 0.275 e. The minimum Gasteiger partial charge on any atom is -0.491 e. The zero-order valence-electron chi connectivity index (χ0n) is 12.8. The molecule has 20 heavy (non-hydrogen) atoms. The molecule has 0 spiro atoms. The largest absolute Gasteiger partial charge is 0.491 e. The molecule has 1 unspecified atom stereocenters. The topological polar surface area (TPSA) is 64.4 Å². The third-order valence-corrected chi connectivity index (χ3v) is 3.07. The third kappa shape index (κ3) is 4.72. The van der Waals surface area contributed by atoms with Crippen molar-refractivity contribution in [2.45, 2.75) is 53.2 Å². The quantitative estimate of drug-likeness (QED) is 0.599. The van der Waals surface area contributed by atoms with Crippen molar-refractivity contribution < 1.29 is 9.66 Å². The van der Waals surface area contributed by atoms with Crippen molar-refractivity contribution in [2.75, 3.05) is 5.32 Å². The van der Waals surface area contributed by atoms with Gasteiger partial charge in [0, 0.05) is 23.9 Å². The highest BCUT2D eigenvalue weighted by Crippen LogP contribution is 2.28. The first-order valence-corrected chi connectivity index (χ1v) is 7.06. The minimum absolute atomic E-state index is 0.0167. The lowest BCUT2D eigenvalue weighted by Crippen LogP contribution is -2.24. The first-order valence-electron chi connectivity index (χ1n) is 7.06. The summed E-state index contributed by atoms with van der Waals surface area (Å²) < 4.78 is 5.58. The molecule has 0 heterocycles. The Balaban J connectivity index is 3.05. The number of nitro groups is 1. The molecule has 0 amide bonds. The van der Waals surface area contributed by atoms with Crippen LogP contribution >= 0.6 is 0 Å². The lowest BCUT2D eigenvalue weighted by atomic mass is 10.0. The number of hydrogen-bond donors (Lipinski definition) is 1. The van der Waals surface area contributed by atoms with Gasteiger partial charge in [-0.25, -0.2) is 0 Å². The van der Waals surface area contributed by atoms with Crippen molar-refractivity contribution in [1.29, 1.82) is 0 Å². The van der Waals surface area contributed by atoms with Crippen molar-refractivity contribution >= 4 is 11.4 Å². The van der Waals surface area contributed by atoms with E-state index < -0.39 is 4.92 Å². The highest BCUT2D eigenvalue weighted by Gasteiger charge is 2.15. The number of ether oxygens (including phenoxy) is 1. The normalized spacial score (nSPS) is 12.6. The Hall–Kier alpha value is -1.78. The summed E-state index contributed by atoms with van der Waals surface area (Å²) in [7, 11) is 0. The second-order valence-electron chi connectivity index (χ2n) is 5.54. The molecule has 5 heteroatoms. The molecular weight excluding hydrogens is 256 g/mol. The van der Waals surface area contributed by atoms with Crippen molar-refractivity contribution in [1.82, 2.24) is 0 Å². The van der Waals surface area contributed by atoms with E-state index in [0.29, 0.717) is 11.7 Å². The summed E-state index contributed by atoms with van der Waals surface area (Å²) in [6.45, 7) is 10.2. The Morgan fingerprint density at radius 3 is 2.35 bits per heavy atom. The molecule has 1 N–H and O–H groups in total. The average molecular weight is 280 g/mol. The van der Waals surface area contributed by atoms with E-state index >= 15 is 0 Å². The predicted molar refractivity (Wildman–Crippen MR) is 81.4 cm³/mol. The molecule has 0 fully saturated rings. The van der Waals surface area contributed by atoms with E-state index in [-0.39, 0.29) is 17.8 Å². The Morgan fingerprint density at radius 2 is 1.90 bits per heavy atom. The van der Waals surface area contributed by atoms with E-state index in [4.69, 9.17) is 4.74 Å². The van der Waals surface area contributed by atoms with Gasteiger partial charge in [0.15, 0.2) is 0 Å². The van der Waals surface area contributed by atoms with Crippen molar-refractivity contribution in [3.05, 3.63) is 28.3 Å². The van der Waals surface area contributed by atoms with Gasteiger partial charge in [0.2, 0.25) is 0 Å². The van der Waals surface area contributed by atoms with Gasteiger partial charge in [-0.2, -0.15) is 0 Å². The van der Waals surface area contributed by atoms with Gasteiger partial charge in [-0.15, -0.1) is 0 Å². The maximum atomic E-state index is 11.0. The fraction of sp³-hybridized carbons (Fsp3) is 0.600. The Morgan fingerprint density at radius 1 is 1.25 bits per heavy atom. The number of anilines is 1. The van der Waals surface area contributed by atoms with E-state index in [9.17, 15) is 10.1 Å². The lowest BCUT2D eigenvalue weighted by molar-refractivity contribution is -0.384. The summed E-state index contributed by atoms with van der Waals surface area (Å²) in [5.74, 6) is 0.976. The van der Waals surface area contributed by atoms with Gasteiger partial charge in [-0.3, -0.25) is 10.1 Å². The van der Waals surface area contributed by atoms with Gasteiger partial charge in [0.25, 0.3) is 5.69 Å². The van der Waals surface area contributed by atoms with Crippen LogP contribution in [0, 0.1) is 16.0 Å². The fourth-order valence-electron chi connectivity index (χ4n) is 2.07. The number of nitrogens with one attached hydrogen (secondary N) is 1. The lowest BCUT2D eigenvalue weighted by Gasteiger charge is -2.22. The van der Waals surface area contributed by atoms with Gasteiger partial charge in [-0.05, 0) is 26.2 Å². The van der Waals surface area contributed by atoms with Gasteiger partial charge < -0.3 is 10.1 Å². The van der Waals surface area contributed by atoms with E-state index in [1.807, 2.05) is 19.9 Å². The molecular formula is C15H24N2O3. The highest BCUT2D eigenvalue weighted by molar-refractivity contribution is 5.57. The highest BCUT2D eigenvalue weighted by atomic mass is 16.6. The molecule has 1 aromatic rings. The first kappa shape index (κ1) is 16.3. The molecule has 0 aromatic heterocycles. The molecule has 1 aromatic carbocycles. The summed E-state index contributed by atoms with van der Waals surface area (Å²) in [4.78, 5) is 10.6. The first-order chi connectivity index (χ1) is 9.33. The SMILES string of the molecule is CCC(Nc1cc(OC(C)C)cc([N+](=O)[O-])c1)C(C)C. The minimum atomic E-state index is -0.394. The second-order valence-corrected chi connectivity index (χ2v) is 5.54. The zero-order valence-corrected chi connectivity index (χ0v) is 12.8. The molecule has 0 saturated heterocycles. The van der Waals surface area contributed by atoms with E-state index in [1.54, 1.807) is 6.07 Å². The Labute approximate surface area is 120 Å². The fourth-order valence-corrected chi connectivity index (χ4v) is 2.07. The van der Waals surface area contributed by atoms with Crippen LogP contribution in [0.4, 0.5) is 11.4 Å². The van der Waals surface area contributed by atoms with Crippen LogP contribution in [0.2, 0.25) is 0 Å². The number of nitrogens with zero attached hydrogens (tertiary/aromatic N) is 1. The molecule has 0 bridgehead atoms. The summed E-state index contributed by atoms with van der Waals surface area (Å²) in [5, 5.41) is 14.4. The van der Waals surface area contributed by atoms with Crippen LogP contribution in [0.25, 0.3) is 0 Å². The van der Waals surface area contributed by atoms with Crippen molar-refractivity contribution in [2.24, 2.45) is 5.92 Å². The standard InChI is InChI=1S/C15H24N2O3/c1-6-15(10(2)3)16-12-7-13(17(18)19)9-14(8-12)20-11(4)5/h7-11,15-16H,6H2,1-5H3. The van der Waals surface area contributed by atoms with Gasteiger partial charge in [0.05, 0.1) is 17.1 Å².